The van der Waals surface area contributed by atoms with E-state index in [1.165, 1.54) is 0 Å². The van der Waals surface area contributed by atoms with Crippen molar-refractivity contribution in [2.24, 2.45) is 0 Å². The number of anilines is 1. The molecule has 1 fully saturated rings. The molecule has 1 aromatic carbocycles. The molecule has 5 nitrogen and oxygen atoms in total. The molecule has 0 saturated carbocycles. The lowest BCUT2D eigenvalue weighted by molar-refractivity contribution is -0.117. The van der Waals surface area contributed by atoms with Crippen LogP contribution in [0.4, 0.5) is 10.5 Å². The van der Waals surface area contributed by atoms with Gasteiger partial charge in [-0.25, -0.2) is 4.79 Å². The quantitative estimate of drug-likeness (QED) is 0.929. The molecule has 0 radical (unpaired) electrons. The van der Waals surface area contributed by atoms with E-state index in [4.69, 9.17) is 0 Å². The lowest BCUT2D eigenvalue weighted by Crippen LogP contribution is -2.51. The van der Waals surface area contributed by atoms with Gasteiger partial charge in [-0.15, -0.1) is 0 Å². The van der Waals surface area contributed by atoms with Crippen LogP contribution in [0.25, 0.3) is 0 Å². The zero-order chi connectivity index (χ0) is 16.3. The van der Waals surface area contributed by atoms with Gasteiger partial charge in [-0.3, -0.25) is 4.79 Å². The van der Waals surface area contributed by atoms with Gasteiger partial charge in [0, 0.05) is 30.7 Å². The van der Waals surface area contributed by atoms with E-state index in [1.807, 2.05) is 58.0 Å². The smallest absolute Gasteiger partial charge is 0.318 e. The van der Waals surface area contributed by atoms with Crippen LogP contribution < -0.4 is 10.2 Å². The first-order chi connectivity index (χ1) is 10.4. The van der Waals surface area contributed by atoms with Crippen molar-refractivity contribution in [3.05, 3.63) is 30.3 Å². The monoisotopic (exact) mass is 303 g/mol. The highest BCUT2D eigenvalue weighted by Gasteiger charge is 2.33. The molecule has 0 bridgehead atoms. The van der Waals surface area contributed by atoms with E-state index in [2.05, 4.69) is 5.32 Å². The second-order valence-corrected chi connectivity index (χ2v) is 6.29. The maximum atomic E-state index is 12.4. The molecule has 1 aromatic rings. The molecule has 0 spiro atoms. The summed E-state index contributed by atoms with van der Waals surface area (Å²) in [6, 6.07) is 9.59. The molecule has 0 unspecified atom stereocenters. The van der Waals surface area contributed by atoms with Crippen molar-refractivity contribution >= 4 is 17.6 Å². The number of hydrogen-bond donors (Lipinski definition) is 1. The Bertz CT molecular complexity index is 520. The van der Waals surface area contributed by atoms with Gasteiger partial charge in [0.1, 0.15) is 0 Å². The summed E-state index contributed by atoms with van der Waals surface area (Å²) in [5.74, 6) is 0.0529. The van der Waals surface area contributed by atoms with Crippen molar-refractivity contribution in [1.29, 1.82) is 0 Å². The Morgan fingerprint density at radius 1 is 1.18 bits per heavy atom. The van der Waals surface area contributed by atoms with Crippen molar-refractivity contribution in [3.8, 4) is 0 Å². The Balaban J connectivity index is 2.01. The number of nitrogens with zero attached hydrogens (tertiary/aromatic N) is 2. The number of hydrogen-bond acceptors (Lipinski definition) is 2. The molecule has 3 amide bonds. The highest BCUT2D eigenvalue weighted by molar-refractivity contribution is 5.96. The molecular formula is C17H25N3O2. The fourth-order valence-corrected chi connectivity index (χ4v) is 2.98. The van der Waals surface area contributed by atoms with Gasteiger partial charge < -0.3 is 15.1 Å². The first-order valence-electron chi connectivity index (χ1n) is 7.84. The molecule has 120 valence electrons. The molecule has 1 atom stereocenters. The van der Waals surface area contributed by atoms with Crippen molar-refractivity contribution in [2.75, 3.05) is 11.4 Å². The highest BCUT2D eigenvalue weighted by Crippen LogP contribution is 2.21. The molecule has 5 heteroatoms. The van der Waals surface area contributed by atoms with Gasteiger partial charge in [0.05, 0.1) is 6.04 Å². The summed E-state index contributed by atoms with van der Waals surface area (Å²) in [5, 5.41) is 3.00. The lowest BCUT2D eigenvalue weighted by Gasteiger charge is -2.32. The minimum absolute atomic E-state index is 0.0529. The zero-order valence-electron chi connectivity index (χ0n) is 13.7. The van der Waals surface area contributed by atoms with Crippen LogP contribution in [-0.2, 0) is 4.79 Å². The predicted molar refractivity (Wildman–Crippen MR) is 87.8 cm³/mol. The first-order valence-corrected chi connectivity index (χ1v) is 7.84. The SMILES string of the molecule is CC(C)N(C(=O)N[C@@H]1CC(=O)N(c2ccccc2)C1)C(C)C. The Morgan fingerprint density at radius 3 is 2.32 bits per heavy atom. The summed E-state index contributed by atoms with van der Waals surface area (Å²) >= 11 is 0. The third kappa shape index (κ3) is 3.59. The minimum atomic E-state index is -0.139. The summed E-state index contributed by atoms with van der Waals surface area (Å²) in [6.45, 7) is 8.51. The molecular weight excluding hydrogens is 278 g/mol. The van der Waals surface area contributed by atoms with Crippen molar-refractivity contribution < 1.29 is 9.59 Å². The van der Waals surface area contributed by atoms with Gasteiger partial charge in [0.15, 0.2) is 0 Å². The van der Waals surface area contributed by atoms with E-state index >= 15 is 0 Å². The first kappa shape index (κ1) is 16.3. The second kappa shape index (κ2) is 6.81. The zero-order valence-corrected chi connectivity index (χ0v) is 13.7. The average molecular weight is 303 g/mol. The molecule has 1 aliphatic heterocycles. The van der Waals surface area contributed by atoms with E-state index in [9.17, 15) is 9.59 Å². The number of nitrogens with one attached hydrogen (secondary N) is 1. The lowest BCUT2D eigenvalue weighted by atomic mass is 10.2. The van der Waals surface area contributed by atoms with Crippen LogP contribution in [0.3, 0.4) is 0 Å². The third-order valence-electron chi connectivity index (χ3n) is 3.87. The Labute approximate surface area is 132 Å². The van der Waals surface area contributed by atoms with E-state index in [0.717, 1.165) is 5.69 Å². The molecule has 2 rings (SSSR count). The van der Waals surface area contributed by atoms with Crippen LogP contribution in [0.1, 0.15) is 34.1 Å². The average Bonchev–Trinajstić information content (AvgIpc) is 2.79. The summed E-state index contributed by atoms with van der Waals surface area (Å²) in [4.78, 5) is 28.1. The van der Waals surface area contributed by atoms with E-state index in [-0.39, 0.29) is 30.1 Å². The Kier molecular flexibility index (Phi) is 5.06. The van der Waals surface area contributed by atoms with Gasteiger partial charge in [-0.2, -0.15) is 0 Å². The topological polar surface area (TPSA) is 52.7 Å². The second-order valence-electron chi connectivity index (χ2n) is 6.29. The maximum Gasteiger partial charge on any atom is 0.318 e. The van der Waals surface area contributed by atoms with Crippen LogP contribution in [0, 0.1) is 0 Å². The van der Waals surface area contributed by atoms with Crippen LogP contribution in [0.5, 0.6) is 0 Å². The maximum absolute atomic E-state index is 12.4. The number of rotatable bonds is 4. The molecule has 1 heterocycles. The van der Waals surface area contributed by atoms with Crippen LogP contribution in [-0.4, -0.2) is 41.5 Å². The van der Waals surface area contributed by atoms with Crippen LogP contribution >= 0.6 is 0 Å². The van der Waals surface area contributed by atoms with Gasteiger partial charge in [-0.05, 0) is 39.8 Å². The van der Waals surface area contributed by atoms with Crippen molar-refractivity contribution in [1.82, 2.24) is 10.2 Å². The number of amides is 3. The molecule has 1 saturated heterocycles. The van der Waals surface area contributed by atoms with E-state index in [1.54, 1.807) is 9.80 Å². The number of carbonyl (C=O) groups excluding carboxylic acids is 2. The normalized spacial score (nSPS) is 18.2. The van der Waals surface area contributed by atoms with E-state index < -0.39 is 0 Å². The van der Waals surface area contributed by atoms with Gasteiger partial charge in [-0.1, -0.05) is 18.2 Å². The Morgan fingerprint density at radius 2 is 1.77 bits per heavy atom. The van der Waals surface area contributed by atoms with Gasteiger partial charge >= 0.3 is 6.03 Å². The van der Waals surface area contributed by atoms with Crippen LogP contribution in [0.15, 0.2) is 30.3 Å². The van der Waals surface area contributed by atoms with Gasteiger partial charge in [0.2, 0.25) is 5.91 Å². The predicted octanol–water partition coefficient (Wildman–Crippen LogP) is 2.62. The summed E-state index contributed by atoms with van der Waals surface area (Å²) in [7, 11) is 0. The standard InChI is InChI=1S/C17H25N3O2/c1-12(2)20(13(3)4)17(22)18-14-10-16(21)19(11-14)15-8-6-5-7-9-15/h5-9,12-14H,10-11H2,1-4H3,(H,18,22)/t14-/m1/s1. The fraction of sp³-hybridized carbons (Fsp3) is 0.529. The van der Waals surface area contributed by atoms with Crippen LogP contribution in [0.2, 0.25) is 0 Å². The molecule has 1 aliphatic rings. The summed E-state index contributed by atoms with van der Waals surface area (Å²) < 4.78 is 0. The van der Waals surface area contributed by atoms with E-state index in [0.29, 0.717) is 13.0 Å². The van der Waals surface area contributed by atoms with Crippen molar-refractivity contribution in [2.45, 2.75) is 52.2 Å². The Hall–Kier alpha value is -2.04. The van der Waals surface area contributed by atoms with Crippen molar-refractivity contribution in [3.63, 3.8) is 0 Å². The number of urea groups is 1. The highest BCUT2D eigenvalue weighted by atomic mass is 16.2. The summed E-state index contributed by atoms with van der Waals surface area (Å²) in [6.07, 6.45) is 0.352. The largest absolute Gasteiger partial charge is 0.333 e. The molecule has 22 heavy (non-hydrogen) atoms. The van der Waals surface area contributed by atoms with Gasteiger partial charge in [0.25, 0.3) is 0 Å². The fourth-order valence-electron chi connectivity index (χ4n) is 2.98. The summed E-state index contributed by atoms with van der Waals surface area (Å²) in [5.41, 5.74) is 0.883. The molecule has 0 aromatic heterocycles. The molecule has 1 N–H and O–H groups in total. The number of para-hydroxylation sites is 1. The minimum Gasteiger partial charge on any atom is -0.333 e. The number of benzene rings is 1. The number of carbonyl (C=O) groups is 2. The molecule has 0 aliphatic carbocycles. The third-order valence-corrected chi connectivity index (χ3v) is 3.87.